The lowest BCUT2D eigenvalue weighted by molar-refractivity contribution is -0.117. The Bertz CT molecular complexity index is 563. The highest BCUT2D eigenvalue weighted by atomic mass is 32.2. The van der Waals surface area contributed by atoms with Crippen molar-refractivity contribution in [2.75, 3.05) is 24.3 Å². The van der Waals surface area contributed by atoms with Crippen LogP contribution >= 0.6 is 11.3 Å². The first-order valence-electron chi connectivity index (χ1n) is 8.22. The minimum Gasteiger partial charge on any atom is -0.616 e. The molecule has 1 aliphatic rings. The van der Waals surface area contributed by atoms with Gasteiger partial charge in [0.25, 0.3) is 5.91 Å². The van der Waals surface area contributed by atoms with Gasteiger partial charge in [-0.1, -0.05) is 32.1 Å². The van der Waals surface area contributed by atoms with Gasteiger partial charge in [-0.05, 0) is 37.9 Å². The second-order valence-corrected chi connectivity index (χ2v) is 10.7. The largest absolute Gasteiger partial charge is 0.616 e. The number of carbonyl (C=O) groups excluding carboxylic acids is 1. The second kappa shape index (κ2) is 7.68. The summed E-state index contributed by atoms with van der Waals surface area (Å²) in [4.78, 5) is 12.6. The lowest BCUT2D eigenvalue weighted by Gasteiger charge is -2.30. The van der Waals surface area contributed by atoms with Crippen molar-refractivity contribution >= 4 is 33.6 Å². The highest BCUT2D eigenvalue weighted by molar-refractivity contribution is 7.93. The van der Waals surface area contributed by atoms with Crippen LogP contribution in [0, 0.1) is 5.92 Å². The first-order valence-corrected chi connectivity index (χ1v) is 10.4. The zero-order valence-corrected chi connectivity index (χ0v) is 16.7. The van der Waals surface area contributed by atoms with E-state index >= 15 is 0 Å². The maximum absolute atomic E-state index is 12.7. The topological polar surface area (TPSA) is 87.2 Å². The van der Waals surface area contributed by atoms with Crippen LogP contribution in [0.3, 0.4) is 0 Å². The molecule has 1 saturated heterocycles. The zero-order valence-electron chi connectivity index (χ0n) is 15.0. The van der Waals surface area contributed by atoms with Crippen molar-refractivity contribution in [3.05, 3.63) is 5.01 Å². The molecule has 0 aliphatic carbocycles. The first-order chi connectivity index (χ1) is 11.1. The van der Waals surface area contributed by atoms with Crippen LogP contribution < -0.4 is 5.32 Å². The SMILES string of the molecule is CC(C)(C)c1nnc(NC(=O)C(C)(C)[S+]([O-])CC2CCOCC2)s1. The summed E-state index contributed by atoms with van der Waals surface area (Å²) in [6.45, 7) is 11.0. The average molecular weight is 374 g/mol. The van der Waals surface area contributed by atoms with E-state index in [-0.39, 0.29) is 11.3 Å². The molecule has 0 bridgehead atoms. The van der Waals surface area contributed by atoms with E-state index < -0.39 is 15.9 Å². The molecule has 0 aromatic carbocycles. The summed E-state index contributed by atoms with van der Waals surface area (Å²) in [5, 5.41) is 12.3. The first kappa shape index (κ1) is 19.6. The van der Waals surface area contributed by atoms with Crippen LogP contribution in [0.25, 0.3) is 0 Å². The van der Waals surface area contributed by atoms with Gasteiger partial charge in [0.05, 0.1) is 0 Å². The van der Waals surface area contributed by atoms with Crippen molar-refractivity contribution in [2.45, 2.75) is 57.6 Å². The van der Waals surface area contributed by atoms with Crippen LogP contribution in [0.1, 0.15) is 52.5 Å². The Labute approximate surface area is 151 Å². The number of nitrogens with one attached hydrogen (secondary N) is 1. The van der Waals surface area contributed by atoms with E-state index in [2.05, 4.69) is 15.5 Å². The van der Waals surface area contributed by atoms with Crippen LogP contribution in [0.5, 0.6) is 0 Å². The van der Waals surface area contributed by atoms with E-state index in [1.165, 1.54) is 11.3 Å². The summed E-state index contributed by atoms with van der Waals surface area (Å²) in [6.07, 6.45) is 1.82. The maximum atomic E-state index is 12.7. The van der Waals surface area contributed by atoms with Crippen molar-refractivity contribution < 1.29 is 14.1 Å². The van der Waals surface area contributed by atoms with Crippen LogP contribution in [-0.4, -0.2) is 44.4 Å². The molecule has 1 aromatic heterocycles. The molecule has 0 saturated carbocycles. The molecule has 8 heteroatoms. The predicted octanol–water partition coefficient (Wildman–Crippen LogP) is 2.73. The molecule has 2 heterocycles. The van der Waals surface area contributed by atoms with Gasteiger partial charge in [-0.3, -0.25) is 10.1 Å². The Morgan fingerprint density at radius 3 is 2.46 bits per heavy atom. The number of carbonyl (C=O) groups is 1. The molecule has 6 nitrogen and oxygen atoms in total. The molecular weight excluding hydrogens is 346 g/mol. The molecule has 136 valence electrons. The standard InChI is InChI=1S/C16H27N3O3S2/c1-15(2,3)13-18-19-14(23-13)17-12(20)16(4,5)24(21)10-11-6-8-22-9-7-11/h11H,6-10H2,1-5H3,(H,17,19,20). The van der Waals surface area contributed by atoms with Gasteiger partial charge in [0, 0.05) is 24.5 Å². The van der Waals surface area contributed by atoms with E-state index in [4.69, 9.17) is 4.74 Å². The van der Waals surface area contributed by atoms with E-state index in [0.29, 0.717) is 16.8 Å². The maximum Gasteiger partial charge on any atom is 0.281 e. The van der Waals surface area contributed by atoms with Gasteiger partial charge in [0.15, 0.2) is 4.75 Å². The third kappa shape index (κ3) is 4.91. The van der Waals surface area contributed by atoms with Gasteiger partial charge in [0.2, 0.25) is 5.13 Å². The molecule has 1 atom stereocenters. The summed E-state index contributed by atoms with van der Waals surface area (Å²) in [6, 6.07) is 0. The van der Waals surface area contributed by atoms with Crippen molar-refractivity contribution in [3.63, 3.8) is 0 Å². The number of anilines is 1. The van der Waals surface area contributed by atoms with E-state index in [9.17, 15) is 9.35 Å². The molecule has 1 N–H and O–H groups in total. The highest BCUT2D eigenvalue weighted by Crippen LogP contribution is 2.30. The summed E-state index contributed by atoms with van der Waals surface area (Å²) in [5.74, 6) is 0.623. The van der Waals surface area contributed by atoms with E-state index in [0.717, 1.165) is 31.1 Å². The number of aromatic nitrogens is 2. The fourth-order valence-corrected chi connectivity index (χ4v) is 4.50. The third-order valence-electron chi connectivity index (χ3n) is 4.13. The normalized spacial score (nSPS) is 18.4. The monoisotopic (exact) mass is 373 g/mol. The highest BCUT2D eigenvalue weighted by Gasteiger charge is 2.42. The van der Waals surface area contributed by atoms with Crippen LogP contribution in [-0.2, 0) is 26.1 Å². The second-order valence-electron chi connectivity index (χ2n) is 7.69. The summed E-state index contributed by atoms with van der Waals surface area (Å²) in [7, 11) is 0. The van der Waals surface area contributed by atoms with E-state index in [1.807, 2.05) is 20.8 Å². The molecule has 1 fully saturated rings. The Hall–Kier alpha value is -0.700. The van der Waals surface area contributed by atoms with Crippen molar-refractivity contribution in [2.24, 2.45) is 5.92 Å². The number of nitrogens with zero attached hydrogens (tertiary/aromatic N) is 2. The van der Waals surface area contributed by atoms with Crippen molar-refractivity contribution in [3.8, 4) is 0 Å². The lowest BCUT2D eigenvalue weighted by Crippen LogP contribution is -2.47. The van der Waals surface area contributed by atoms with Gasteiger partial charge < -0.3 is 9.29 Å². The summed E-state index contributed by atoms with van der Waals surface area (Å²) < 4.78 is 17.1. The van der Waals surface area contributed by atoms with Gasteiger partial charge >= 0.3 is 0 Å². The average Bonchev–Trinajstić information content (AvgIpc) is 2.96. The van der Waals surface area contributed by atoms with Crippen LogP contribution in [0.4, 0.5) is 5.13 Å². The Morgan fingerprint density at radius 2 is 1.92 bits per heavy atom. The quantitative estimate of drug-likeness (QED) is 0.802. The number of amides is 1. The van der Waals surface area contributed by atoms with E-state index in [1.54, 1.807) is 13.8 Å². The molecule has 2 rings (SSSR count). The molecule has 1 aromatic rings. The fraction of sp³-hybridized carbons (Fsp3) is 0.812. The molecule has 1 aliphatic heterocycles. The minimum atomic E-state index is -1.25. The summed E-state index contributed by atoms with van der Waals surface area (Å²) >= 11 is 0.109. The minimum absolute atomic E-state index is 0.109. The lowest BCUT2D eigenvalue weighted by atomic mass is 9.98. The van der Waals surface area contributed by atoms with Crippen LogP contribution in [0.15, 0.2) is 0 Å². The Morgan fingerprint density at radius 1 is 1.29 bits per heavy atom. The van der Waals surface area contributed by atoms with Crippen molar-refractivity contribution in [1.82, 2.24) is 10.2 Å². The molecule has 24 heavy (non-hydrogen) atoms. The molecular formula is C16H27N3O3S2. The molecule has 1 unspecified atom stereocenters. The Balaban J connectivity index is 1.97. The molecule has 1 amide bonds. The Kier molecular flexibility index (Phi) is 6.28. The van der Waals surface area contributed by atoms with Gasteiger partial charge in [-0.2, -0.15) is 0 Å². The van der Waals surface area contributed by atoms with Gasteiger partial charge in [-0.25, -0.2) is 0 Å². The smallest absolute Gasteiger partial charge is 0.281 e. The number of hydrogen-bond donors (Lipinski definition) is 1. The number of rotatable bonds is 5. The number of ether oxygens (including phenoxy) is 1. The molecule has 0 spiro atoms. The van der Waals surface area contributed by atoms with Crippen molar-refractivity contribution in [1.29, 1.82) is 0 Å². The van der Waals surface area contributed by atoms with Crippen LogP contribution in [0.2, 0.25) is 0 Å². The molecule has 0 radical (unpaired) electrons. The fourth-order valence-electron chi connectivity index (χ4n) is 2.26. The third-order valence-corrected chi connectivity index (χ3v) is 7.49. The van der Waals surface area contributed by atoms with Gasteiger partial charge in [-0.15, -0.1) is 10.2 Å². The van der Waals surface area contributed by atoms with Gasteiger partial charge in [0.1, 0.15) is 10.8 Å². The predicted molar refractivity (Wildman–Crippen MR) is 97.9 cm³/mol. The zero-order chi connectivity index (χ0) is 18.0. The number of hydrogen-bond acceptors (Lipinski definition) is 6. The summed E-state index contributed by atoms with van der Waals surface area (Å²) in [5.41, 5.74) is -0.109.